The van der Waals surface area contributed by atoms with Crippen LogP contribution >= 0.6 is 0 Å². The van der Waals surface area contributed by atoms with E-state index in [1.807, 2.05) is 11.8 Å². The Morgan fingerprint density at radius 2 is 2.06 bits per heavy atom. The largest absolute Gasteiger partial charge is 0.338 e. The van der Waals surface area contributed by atoms with Gasteiger partial charge in [-0.2, -0.15) is 0 Å². The number of carbonyl (C=O) groups excluding carboxylic acids is 1. The van der Waals surface area contributed by atoms with Gasteiger partial charge in [0.25, 0.3) is 0 Å². The second-order valence-electron chi connectivity index (χ2n) is 6.01. The quantitative estimate of drug-likeness (QED) is 0.765. The van der Waals surface area contributed by atoms with Crippen molar-refractivity contribution in [2.24, 2.45) is 11.3 Å². The summed E-state index contributed by atoms with van der Waals surface area (Å²) in [7, 11) is 0. The Kier molecular flexibility index (Phi) is 3.61. The maximum absolute atomic E-state index is 11.7. The van der Waals surface area contributed by atoms with Gasteiger partial charge < -0.3 is 15.5 Å². The van der Waals surface area contributed by atoms with Crippen molar-refractivity contribution >= 4 is 6.03 Å². The first-order chi connectivity index (χ1) is 8.04. The highest BCUT2D eigenvalue weighted by molar-refractivity contribution is 5.74. The second-order valence-corrected chi connectivity index (χ2v) is 6.01. The van der Waals surface area contributed by atoms with Crippen molar-refractivity contribution in [3.63, 3.8) is 0 Å². The van der Waals surface area contributed by atoms with Crippen molar-refractivity contribution in [1.82, 2.24) is 15.5 Å². The zero-order valence-electron chi connectivity index (χ0n) is 11.3. The van der Waals surface area contributed by atoms with E-state index in [-0.39, 0.29) is 6.03 Å². The van der Waals surface area contributed by atoms with Crippen LogP contribution in [0, 0.1) is 11.3 Å². The minimum Gasteiger partial charge on any atom is -0.338 e. The molecule has 2 amide bonds. The van der Waals surface area contributed by atoms with Gasteiger partial charge >= 0.3 is 6.03 Å². The number of amides is 2. The van der Waals surface area contributed by atoms with Crippen LogP contribution < -0.4 is 10.6 Å². The van der Waals surface area contributed by atoms with Gasteiger partial charge in [0, 0.05) is 32.2 Å². The Bertz CT molecular complexity index is 282. The van der Waals surface area contributed by atoms with Gasteiger partial charge in [0.2, 0.25) is 0 Å². The average molecular weight is 239 g/mol. The molecule has 0 saturated carbocycles. The zero-order valence-corrected chi connectivity index (χ0v) is 11.3. The number of hydrogen-bond donors (Lipinski definition) is 2. The molecular formula is C13H25N3O. The SMILES string of the molecule is CCNC(=O)N1CCC(C2NCC2(C)C)CC1. The Morgan fingerprint density at radius 1 is 1.41 bits per heavy atom. The summed E-state index contributed by atoms with van der Waals surface area (Å²) >= 11 is 0. The first-order valence-electron chi connectivity index (χ1n) is 6.81. The van der Waals surface area contributed by atoms with Gasteiger partial charge in [-0.05, 0) is 31.1 Å². The Balaban J connectivity index is 1.80. The molecule has 0 bridgehead atoms. The molecule has 1 atom stereocenters. The summed E-state index contributed by atoms with van der Waals surface area (Å²) in [4.78, 5) is 13.6. The van der Waals surface area contributed by atoms with E-state index < -0.39 is 0 Å². The van der Waals surface area contributed by atoms with Gasteiger partial charge in [-0.25, -0.2) is 4.79 Å². The predicted molar refractivity (Wildman–Crippen MR) is 68.9 cm³/mol. The van der Waals surface area contributed by atoms with Gasteiger partial charge in [0.15, 0.2) is 0 Å². The van der Waals surface area contributed by atoms with Crippen molar-refractivity contribution in [1.29, 1.82) is 0 Å². The molecule has 17 heavy (non-hydrogen) atoms. The third-order valence-electron chi connectivity index (χ3n) is 4.25. The number of nitrogens with zero attached hydrogens (tertiary/aromatic N) is 1. The number of carbonyl (C=O) groups is 1. The first-order valence-corrected chi connectivity index (χ1v) is 6.81. The Hall–Kier alpha value is -0.770. The van der Waals surface area contributed by atoms with Crippen LogP contribution in [0.15, 0.2) is 0 Å². The van der Waals surface area contributed by atoms with E-state index in [2.05, 4.69) is 24.5 Å². The van der Waals surface area contributed by atoms with Gasteiger partial charge in [-0.1, -0.05) is 13.8 Å². The number of rotatable bonds is 2. The number of nitrogens with one attached hydrogen (secondary N) is 2. The van der Waals surface area contributed by atoms with Crippen molar-refractivity contribution in [2.45, 2.75) is 39.7 Å². The number of likely N-dealkylation sites (tertiary alicyclic amines) is 1. The molecule has 4 nitrogen and oxygen atoms in total. The van der Waals surface area contributed by atoms with Crippen molar-refractivity contribution < 1.29 is 4.79 Å². The molecule has 0 spiro atoms. The van der Waals surface area contributed by atoms with Crippen LogP contribution in [0.25, 0.3) is 0 Å². The maximum atomic E-state index is 11.7. The summed E-state index contributed by atoms with van der Waals surface area (Å²) in [6, 6.07) is 0.755. The molecule has 0 aromatic heterocycles. The topological polar surface area (TPSA) is 44.4 Å². The summed E-state index contributed by atoms with van der Waals surface area (Å²) in [5, 5.41) is 6.43. The van der Waals surface area contributed by atoms with Crippen LogP contribution in [0.5, 0.6) is 0 Å². The van der Waals surface area contributed by atoms with Crippen molar-refractivity contribution in [3.8, 4) is 0 Å². The third kappa shape index (κ3) is 2.57. The van der Waals surface area contributed by atoms with Gasteiger partial charge in [0.05, 0.1) is 0 Å². The van der Waals surface area contributed by atoms with E-state index in [4.69, 9.17) is 0 Å². The van der Waals surface area contributed by atoms with Crippen LogP contribution in [0.2, 0.25) is 0 Å². The van der Waals surface area contributed by atoms with Gasteiger partial charge in [0.1, 0.15) is 0 Å². The van der Waals surface area contributed by atoms with E-state index >= 15 is 0 Å². The van der Waals surface area contributed by atoms with Crippen LogP contribution in [0.1, 0.15) is 33.6 Å². The lowest BCUT2D eigenvalue weighted by Crippen LogP contribution is -2.64. The molecule has 4 heteroatoms. The third-order valence-corrected chi connectivity index (χ3v) is 4.25. The highest BCUT2D eigenvalue weighted by Gasteiger charge is 2.43. The normalized spacial score (nSPS) is 28.6. The summed E-state index contributed by atoms with van der Waals surface area (Å²) in [5.41, 5.74) is 0.443. The van der Waals surface area contributed by atoms with E-state index in [9.17, 15) is 4.79 Å². The van der Waals surface area contributed by atoms with Crippen LogP contribution in [0.3, 0.4) is 0 Å². The van der Waals surface area contributed by atoms with E-state index in [0.29, 0.717) is 11.5 Å². The average Bonchev–Trinajstić information content (AvgIpc) is 2.29. The lowest BCUT2D eigenvalue weighted by Gasteiger charge is -2.51. The fourth-order valence-corrected chi connectivity index (χ4v) is 3.13. The van der Waals surface area contributed by atoms with Crippen LogP contribution in [0.4, 0.5) is 4.79 Å². The molecule has 2 aliphatic rings. The fourth-order valence-electron chi connectivity index (χ4n) is 3.13. The van der Waals surface area contributed by atoms with Crippen molar-refractivity contribution in [2.75, 3.05) is 26.2 Å². The van der Waals surface area contributed by atoms with E-state index in [0.717, 1.165) is 44.9 Å². The highest BCUT2D eigenvalue weighted by atomic mass is 16.2. The van der Waals surface area contributed by atoms with E-state index in [1.165, 1.54) is 0 Å². The zero-order chi connectivity index (χ0) is 12.5. The highest BCUT2D eigenvalue weighted by Crippen LogP contribution is 2.37. The van der Waals surface area contributed by atoms with E-state index in [1.54, 1.807) is 0 Å². The van der Waals surface area contributed by atoms with Crippen LogP contribution in [-0.4, -0.2) is 43.2 Å². The van der Waals surface area contributed by atoms with Gasteiger partial charge in [-0.3, -0.25) is 0 Å². The monoisotopic (exact) mass is 239 g/mol. The molecule has 1 unspecified atom stereocenters. The molecule has 2 heterocycles. The number of urea groups is 1. The summed E-state index contributed by atoms with van der Waals surface area (Å²) in [5.74, 6) is 0.740. The molecule has 2 rings (SSSR count). The predicted octanol–water partition coefficient (Wildman–Crippen LogP) is 1.43. The summed E-state index contributed by atoms with van der Waals surface area (Å²) in [6.45, 7) is 10.3. The molecule has 0 aliphatic carbocycles. The molecule has 2 fully saturated rings. The summed E-state index contributed by atoms with van der Waals surface area (Å²) < 4.78 is 0. The molecule has 2 aliphatic heterocycles. The summed E-state index contributed by atoms with van der Waals surface area (Å²) in [6.07, 6.45) is 2.27. The fraction of sp³-hybridized carbons (Fsp3) is 0.923. The minimum atomic E-state index is 0.103. The Labute approximate surface area is 104 Å². The molecule has 0 radical (unpaired) electrons. The number of piperidine rings is 1. The van der Waals surface area contributed by atoms with Crippen LogP contribution in [-0.2, 0) is 0 Å². The second kappa shape index (κ2) is 4.84. The number of hydrogen-bond acceptors (Lipinski definition) is 2. The lowest BCUT2D eigenvalue weighted by atomic mass is 9.68. The molecule has 2 N–H and O–H groups in total. The lowest BCUT2D eigenvalue weighted by molar-refractivity contribution is 0.0459. The smallest absolute Gasteiger partial charge is 0.317 e. The minimum absolute atomic E-state index is 0.103. The first kappa shape index (κ1) is 12.7. The molecule has 0 aromatic rings. The molecule has 98 valence electrons. The van der Waals surface area contributed by atoms with Gasteiger partial charge in [-0.15, -0.1) is 0 Å². The van der Waals surface area contributed by atoms with Crippen molar-refractivity contribution in [3.05, 3.63) is 0 Å². The standard InChI is InChI=1S/C13H25N3O/c1-4-14-12(17)16-7-5-10(6-8-16)11-13(2,3)9-15-11/h10-11,15H,4-9H2,1-3H3,(H,14,17). The Morgan fingerprint density at radius 3 is 2.47 bits per heavy atom. The molecular weight excluding hydrogens is 214 g/mol. The maximum Gasteiger partial charge on any atom is 0.317 e. The molecule has 2 saturated heterocycles. The molecule has 0 aromatic carbocycles.